The summed E-state index contributed by atoms with van der Waals surface area (Å²) in [6, 6.07) is 17.3. The largest absolute Gasteiger partial charge is 0.488 e. The van der Waals surface area contributed by atoms with Crippen LogP contribution in [-0.2, 0) is 16.6 Å². The first-order valence-corrected chi connectivity index (χ1v) is 11.6. The van der Waals surface area contributed by atoms with Crippen LogP contribution in [0.3, 0.4) is 0 Å². The van der Waals surface area contributed by atoms with Gasteiger partial charge in [-0.05, 0) is 54.1 Å². The fourth-order valence-corrected chi connectivity index (χ4v) is 4.25. The first-order valence-electron chi connectivity index (χ1n) is 10.1. The maximum absolute atomic E-state index is 13.1. The number of hydrogen-bond acceptors (Lipinski definition) is 6. The molecule has 3 aromatic carbocycles. The Labute approximate surface area is 186 Å². The number of benzene rings is 3. The number of nitrogens with one attached hydrogen (secondary N) is 2. The SMILES string of the molecule is O=S(=O)(Nc1cccc(CNCCOc2cccc3c2OCCO3)c1)c1ccc(F)cc1. The smallest absolute Gasteiger partial charge is 0.261 e. The van der Waals surface area contributed by atoms with Crippen molar-refractivity contribution >= 4 is 15.7 Å². The highest BCUT2D eigenvalue weighted by atomic mass is 32.2. The molecule has 0 atom stereocenters. The molecule has 168 valence electrons. The molecule has 0 unspecified atom stereocenters. The van der Waals surface area contributed by atoms with Crippen LogP contribution in [0.25, 0.3) is 0 Å². The number of fused-ring (bicyclic) bond motifs is 1. The first kappa shape index (κ1) is 21.9. The summed E-state index contributed by atoms with van der Waals surface area (Å²) in [6.07, 6.45) is 0. The van der Waals surface area contributed by atoms with Crippen LogP contribution in [0, 0.1) is 5.82 Å². The highest BCUT2D eigenvalue weighted by Crippen LogP contribution is 2.38. The Balaban J connectivity index is 1.28. The molecule has 0 amide bonds. The molecule has 0 radical (unpaired) electrons. The van der Waals surface area contributed by atoms with Crippen molar-refractivity contribution in [2.45, 2.75) is 11.4 Å². The van der Waals surface area contributed by atoms with Gasteiger partial charge in [0, 0.05) is 18.8 Å². The average Bonchev–Trinajstić information content (AvgIpc) is 2.79. The molecule has 0 fully saturated rings. The Morgan fingerprint density at radius 3 is 2.59 bits per heavy atom. The van der Waals surface area contributed by atoms with E-state index in [4.69, 9.17) is 14.2 Å². The van der Waals surface area contributed by atoms with Gasteiger partial charge >= 0.3 is 0 Å². The Kier molecular flexibility index (Phi) is 6.77. The van der Waals surface area contributed by atoms with Crippen LogP contribution in [0.5, 0.6) is 17.2 Å². The standard InChI is InChI=1S/C23H23FN2O5S/c24-18-7-9-20(10-8-18)32(27,28)26-19-4-1-3-17(15-19)16-25-11-12-29-21-5-2-6-22-23(21)31-14-13-30-22/h1-10,15,25-26H,11-14,16H2. The van der Waals surface area contributed by atoms with E-state index in [0.29, 0.717) is 55.8 Å². The molecule has 32 heavy (non-hydrogen) atoms. The molecule has 0 aromatic heterocycles. The molecule has 1 heterocycles. The molecule has 4 rings (SSSR count). The highest BCUT2D eigenvalue weighted by molar-refractivity contribution is 7.92. The molecule has 1 aliphatic rings. The maximum atomic E-state index is 13.1. The van der Waals surface area contributed by atoms with Gasteiger partial charge in [0.15, 0.2) is 11.5 Å². The van der Waals surface area contributed by atoms with Crippen molar-refractivity contribution < 1.29 is 27.0 Å². The van der Waals surface area contributed by atoms with Gasteiger partial charge in [0.25, 0.3) is 10.0 Å². The fourth-order valence-electron chi connectivity index (χ4n) is 3.20. The molecule has 3 aromatic rings. The van der Waals surface area contributed by atoms with E-state index in [1.54, 1.807) is 18.2 Å². The fraction of sp³-hybridized carbons (Fsp3) is 0.217. The van der Waals surface area contributed by atoms with Crippen molar-refractivity contribution in [3.05, 3.63) is 78.1 Å². The highest BCUT2D eigenvalue weighted by Gasteiger charge is 2.16. The van der Waals surface area contributed by atoms with Crippen LogP contribution < -0.4 is 24.2 Å². The molecular weight excluding hydrogens is 435 g/mol. The summed E-state index contributed by atoms with van der Waals surface area (Å²) in [7, 11) is -3.79. The predicted molar refractivity (Wildman–Crippen MR) is 118 cm³/mol. The number of sulfonamides is 1. The van der Waals surface area contributed by atoms with Gasteiger partial charge in [0.05, 0.1) is 4.90 Å². The number of hydrogen-bond donors (Lipinski definition) is 2. The number of anilines is 1. The lowest BCUT2D eigenvalue weighted by Gasteiger charge is -2.20. The Hall–Kier alpha value is -3.30. The molecule has 0 aliphatic carbocycles. The lowest BCUT2D eigenvalue weighted by molar-refractivity contribution is 0.162. The number of halogens is 1. The summed E-state index contributed by atoms with van der Waals surface area (Å²) < 4.78 is 57.5. The number of para-hydroxylation sites is 1. The van der Waals surface area contributed by atoms with Gasteiger partial charge in [-0.3, -0.25) is 4.72 Å². The van der Waals surface area contributed by atoms with Crippen LogP contribution >= 0.6 is 0 Å². The van der Waals surface area contributed by atoms with Crippen LogP contribution in [-0.4, -0.2) is 34.8 Å². The van der Waals surface area contributed by atoms with Crippen molar-refractivity contribution in [3.63, 3.8) is 0 Å². The Morgan fingerprint density at radius 1 is 0.969 bits per heavy atom. The van der Waals surface area contributed by atoms with E-state index in [9.17, 15) is 12.8 Å². The second kappa shape index (κ2) is 9.88. The van der Waals surface area contributed by atoms with Gasteiger partial charge in [-0.2, -0.15) is 0 Å². The maximum Gasteiger partial charge on any atom is 0.261 e. The molecule has 0 bridgehead atoms. The zero-order valence-corrected chi connectivity index (χ0v) is 18.0. The van der Waals surface area contributed by atoms with Gasteiger partial charge in [-0.15, -0.1) is 0 Å². The van der Waals surface area contributed by atoms with Gasteiger partial charge in [0.2, 0.25) is 5.75 Å². The van der Waals surface area contributed by atoms with Crippen LogP contribution in [0.2, 0.25) is 0 Å². The topological polar surface area (TPSA) is 85.9 Å². The van der Waals surface area contributed by atoms with Gasteiger partial charge < -0.3 is 19.5 Å². The van der Waals surface area contributed by atoms with E-state index >= 15 is 0 Å². The van der Waals surface area contributed by atoms with Crippen LogP contribution in [0.4, 0.5) is 10.1 Å². The molecule has 0 saturated heterocycles. The normalized spacial score (nSPS) is 12.9. The molecule has 2 N–H and O–H groups in total. The van der Waals surface area contributed by atoms with E-state index in [-0.39, 0.29) is 4.90 Å². The predicted octanol–water partition coefficient (Wildman–Crippen LogP) is 3.57. The lowest BCUT2D eigenvalue weighted by atomic mass is 10.2. The summed E-state index contributed by atoms with van der Waals surface area (Å²) in [5.41, 5.74) is 1.33. The second-order valence-electron chi connectivity index (χ2n) is 7.07. The van der Waals surface area contributed by atoms with E-state index in [1.165, 1.54) is 12.1 Å². The quantitative estimate of drug-likeness (QED) is 0.477. The van der Waals surface area contributed by atoms with Crippen LogP contribution in [0.15, 0.2) is 71.6 Å². The molecule has 1 aliphatic heterocycles. The van der Waals surface area contributed by atoms with E-state index in [2.05, 4.69) is 10.0 Å². The lowest BCUT2D eigenvalue weighted by Crippen LogP contribution is -2.21. The summed E-state index contributed by atoms with van der Waals surface area (Å²) in [4.78, 5) is -0.00273. The minimum Gasteiger partial charge on any atom is -0.488 e. The number of rotatable bonds is 9. The average molecular weight is 459 g/mol. The van der Waals surface area contributed by atoms with E-state index in [0.717, 1.165) is 17.7 Å². The molecule has 9 heteroatoms. The zero-order valence-electron chi connectivity index (χ0n) is 17.2. The van der Waals surface area contributed by atoms with Gasteiger partial charge in [-0.1, -0.05) is 18.2 Å². The van der Waals surface area contributed by atoms with Crippen molar-refractivity contribution in [1.29, 1.82) is 0 Å². The van der Waals surface area contributed by atoms with Gasteiger partial charge in [-0.25, -0.2) is 12.8 Å². The van der Waals surface area contributed by atoms with Crippen molar-refractivity contribution in [1.82, 2.24) is 5.32 Å². The van der Waals surface area contributed by atoms with Crippen molar-refractivity contribution in [2.24, 2.45) is 0 Å². The second-order valence-corrected chi connectivity index (χ2v) is 8.75. The van der Waals surface area contributed by atoms with Crippen molar-refractivity contribution in [2.75, 3.05) is 31.1 Å². The van der Waals surface area contributed by atoms with Crippen LogP contribution in [0.1, 0.15) is 5.56 Å². The Morgan fingerprint density at radius 2 is 1.75 bits per heavy atom. The minimum absolute atomic E-state index is 0.00273. The van der Waals surface area contributed by atoms with E-state index < -0.39 is 15.8 Å². The van der Waals surface area contributed by atoms with Gasteiger partial charge in [0.1, 0.15) is 25.6 Å². The third-order valence-corrected chi connectivity index (χ3v) is 6.10. The summed E-state index contributed by atoms with van der Waals surface area (Å²) in [5.74, 6) is 1.46. The summed E-state index contributed by atoms with van der Waals surface area (Å²) >= 11 is 0. The Bertz CT molecular complexity index is 1170. The molecular formula is C23H23FN2O5S. The molecule has 0 saturated carbocycles. The third-order valence-electron chi connectivity index (χ3n) is 4.70. The van der Waals surface area contributed by atoms with E-state index in [1.807, 2.05) is 24.3 Å². The molecule has 0 spiro atoms. The first-order chi connectivity index (χ1) is 15.5. The zero-order chi connectivity index (χ0) is 22.4. The monoisotopic (exact) mass is 458 g/mol. The summed E-state index contributed by atoms with van der Waals surface area (Å²) in [5, 5.41) is 3.26. The minimum atomic E-state index is -3.79. The third kappa shape index (κ3) is 5.49. The molecule has 7 nitrogen and oxygen atoms in total. The number of ether oxygens (including phenoxy) is 3. The summed E-state index contributed by atoms with van der Waals surface area (Å²) in [6.45, 7) is 2.55. The van der Waals surface area contributed by atoms with Crippen molar-refractivity contribution in [3.8, 4) is 17.2 Å².